The molecule has 0 aliphatic carbocycles. The summed E-state index contributed by atoms with van der Waals surface area (Å²) in [6.45, 7) is 14.3. The molecule has 6 heterocycles. The molecule has 0 radical (unpaired) electrons. The van der Waals surface area contributed by atoms with Crippen LogP contribution in [0, 0.1) is 5.92 Å². The number of piperidine rings is 2. The summed E-state index contributed by atoms with van der Waals surface area (Å²) in [7, 11) is 0. The number of aliphatic hydroxyl groups excluding tert-OH is 1. The van der Waals surface area contributed by atoms with Crippen LogP contribution < -0.4 is 20.3 Å². The number of ether oxygens (including phenoxy) is 1. The van der Waals surface area contributed by atoms with E-state index in [0.717, 1.165) is 85.9 Å². The van der Waals surface area contributed by atoms with Crippen LogP contribution in [-0.2, 0) is 13.0 Å². The minimum atomic E-state index is 0.199. The number of hydrogen-bond donors (Lipinski definition) is 3. The minimum Gasteiger partial charge on any atom is -0.478 e. The Hall–Kier alpha value is -2.99. The molecule has 252 valence electrons. The Labute approximate surface area is 274 Å². The van der Waals surface area contributed by atoms with Crippen molar-refractivity contribution in [1.82, 2.24) is 34.7 Å². The van der Waals surface area contributed by atoms with Crippen LogP contribution in [0.5, 0.6) is 5.88 Å². The number of nitrogens with one attached hydrogen (secondary N) is 2. The first-order valence-corrected chi connectivity index (χ1v) is 17.9. The molecule has 0 spiro atoms. The molecule has 3 N–H and O–H groups in total. The van der Waals surface area contributed by atoms with Crippen molar-refractivity contribution in [3.8, 4) is 5.88 Å². The summed E-state index contributed by atoms with van der Waals surface area (Å²) in [4.78, 5) is 17.3. The molecule has 46 heavy (non-hydrogen) atoms. The van der Waals surface area contributed by atoms with Gasteiger partial charge in [0.1, 0.15) is 11.6 Å². The fraction of sp³-hybridized carbons (Fsp3) is 0.686. The Morgan fingerprint density at radius 2 is 1.85 bits per heavy atom. The summed E-state index contributed by atoms with van der Waals surface area (Å²) in [6.07, 6.45) is 13.8. The van der Waals surface area contributed by atoms with Crippen molar-refractivity contribution < 1.29 is 9.84 Å². The zero-order chi connectivity index (χ0) is 31.6. The van der Waals surface area contributed by atoms with Gasteiger partial charge in [-0.1, -0.05) is 13.0 Å². The van der Waals surface area contributed by atoms with E-state index >= 15 is 0 Å². The van der Waals surface area contributed by atoms with E-state index < -0.39 is 0 Å². The fourth-order valence-electron chi connectivity index (χ4n) is 7.30. The van der Waals surface area contributed by atoms with Gasteiger partial charge in [0.15, 0.2) is 5.65 Å². The summed E-state index contributed by atoms with van der Waals surface area (Å²) in [5.41, 5.74) is 3.11. The molecular formula is C35H55N9O2. The second kappa shape index (κ2) is 16.7. The van der Waals surface area contributed by atoms with Gasteiger partial charge in [-0.2, -0.15) is 9.61 Å². The summed E-state index contributed by atoms with van der Waals surface area (Å²) < 4.78 is 7.90. The number of aromatic nitrogens is 4. The van der Waals surface area contributed by atoms with Crippen LogP contribution in [0.1, 0.15) is 69.4 Å². The summed E-state index contributed by atoms with van der Waals surface area (Å²) >= 11 is 0. The maximum Gasteiger partial charge on any atom is 0.213 e. The van der Waals surface area contributed by atoms with Crippen molar-refractivity contribution in [2.75, 3.05) is 82.3 Å². The largest absolute Gasteiger partial charge is 0.478 e. The van der Waals surface area contributed by atoms with E-state index in [9.17, 15) is 5.11 Å². The molecule has 0 amide bonds. The average molecular weight is 634 g/mol. The lowest BCUT2D eigenvalue weighted by atomic mass is 9.97. The first kappa shape index (κ1) is 32.9. The number of hydrogen-bond acceptors (Lipinski definition) is 10. The van der Waals surface area contributed by atoms with Crippen molar-refractivity contribution in [2.24, 2.45) is 5.92 Å². The first-order chi connectivity index (χ1) is 22.7. The molecule has 0 saturated carbocycles. The van der Waals surface area contributed by atoms with Crippen molar-refractivity contribution in [1.29, 1.82) is 0 Å². The highest BCUT2D eigenvalue weighted by atomic mass is 16.5. The molecule has 11 nitrogen and oxygen atoms in total. The second-order valence-electron chi connectivity index (χ2n) is 13.4. The highest BCUT2D eigenvalue weighted by Gasteiger charge is 2.25. The van der Waals surface area contributed by atoms with Crippen molar-refractivity contribution >= 4 is 17.3 Å². The van der Waals surface area contributed by atoms with Gasteiger partial charge < -0.3 is 35.2 Å². The quantitative estimate of drug-likeness (QED) is 0.214. The lowest BCUT2D eigenvalue weighted by molar-refractivity contribution is 0.109. The predicted molar refractivity (Wildman–Crippen MR) is 184 cm³/mol. The zero-order valence-corrected chi connectivity index (χ0v) is 27.9. The Bertz CT molecular complexity index is 1330. The second-order valence-corrected chi connectivity index (χ2v) is 13.4. The Morgan fingerprint density at radius 1 is 1.00 bits per heavy atom. The molecule has 3 aliphatic heterocycles. The maximum absolute atomic E-state index is 9.66. The van der Waals surface area contributed by atoms with Gasteiger partial charge >= 0.3 is 0 Å². The Kier molecular flexibility index (Phi) is 12.0. The third kappa shape index (κ3) is 8.67. The zero-order valence-electron chi connectivity index (χ0n) is 27.9. The van der Waals surface area contributed by atoms with E-state index in [2.05, 4.69) is 54.5 Å². The fourth-order valence-corrected chi connectivity index (χ4v) is 7.30. The predicted octanol–water partition coefficient (Wildman–Crippen LogP) is 3.82. The van der Waals surface area contributed by atoms with Crippen LogP contribution in [0.4, 0.5) is 11.6 Å². The number of fused-ring (bicyclic) bond motifs is 1. The maximum atomic E-state index is 9.66. The van der Waals surface area contributed by atoms with Crippen molar-refractivity contribution in [3.63, 3.8) is 0 Å². The first-order valence-electron chi connectivity index (χ1n) is 17.9. The monoisotopic (exact) mass is 633 g/mol. The molecule has 3 saturated heterocycles. The molecular weight excluding hydrogens is 578 g/mol. The van der Waals surface area contributed by atoms with Crippen LogP contribution in [0.3, 0.4) is 0 Å². The molecule has 1 atom stereocenters. The third-order valence-corrected chi connectivity index (χ3v) is 10.1. The van der Waals surface area contributed by atoms with E-state index in [1.165, 1.54) is 65.1 Å². The highest BCUT2D eigenvalue weighted by Crippen LogP contribution is 2.29. The summed E-state index contributed by atoms with van der Waals surface area (Å²) in [5.74, 6) is 3.44. The van der Waals surface area contributed by atoms with Crippen LogP contribution in [0.15, 0.2) is 30.6 Å². The van der Waals surface area contributed by atoms with E-state index in [4.69, 9.17) is 9.72 Å². The van der Waals surface area contributed by atoms with Crippen LogP contribution in [0.25, 0.3) is 5.65 Å². The van der Waals surface area contributed by atoms with Crippen LogP contribution >= 0.6 is 0 Å². The van der Waals surface area contributed by atoms with Gasteiger partial charge in [0.05, 0.1) is 12.8 Å². The molecule has 3 fully saturated rings. The molecule has 3 aliphatic rings. The average Bonchev–Trinajstić information content (AvgIpc) is 3.52. The van der Waals surface area contributed by atoms with E-state index in [0.29, 0.717) is 25.1 Å². The molecule has 0 unspecified atom stereocenters. The van der Waals surface area contributed by atoms with E-state index in [-0.39, 0.29) is 6.61 Å². The highest BCUT2D eigenvalue weighted by molar-refractivity contribution is 5.61. The number of nitrogens with zero attached hydrogens (tertiary/aromatic N) is 7. The lowest BCUT2D eigenvalue weighted by Gasteiger charge is -2.37. The van der Waals surface area contributed by atoms with Gasteiger partial charge in [0.25, 0.3) is 0 Å². The number of aryl methyl sites for hydroxylation is 1. The van der Waals surface area contributed by atoms with Crippen LogP contribution in [-0.4, -0.2) is 113 Å². The van der Waals surface area contributed by atoms with Crippen LogP contribution in [0.2, 0.25) is 0 Å². The normalized spacial score (nSPS) is 20.4. The van der Waals surface area contributed by atoms with Gasteiger partial charge in [-0.05, 0) is 88.9 Å². The molecule has 3 aromatic rings. The Balaban J connectivity index is 0.946. The molecule has 0 aromatic carbocycles. The summed E-state index contributed by atoms with van der Waals surface area (Å²) in [5, 5.41) is 21.4. The number of anilines is 2. The smallest absolute Gasteiger partial charge is 0.213 e. The minimum absolute atomic E-state index is 0.199. The topological polar surface area (TPSA) is 106 Å². The van der Waals surface area contributed by atoms with Gasteiger partial charge in [0.2, 0.25) is 5.88 Å². The molecule has 11 heteroatoms. The van der Waals surface area contributed by atoms with Gasteiger partial charge in [-0.3, -0.25) is 0 Å². The third-order valence-electron chi connectivity index (χ3n) is 10.1. The lowest BCUT2D eigenvalue weighted by Crippen LogP contribution is -2.48. The van der Waals surface area contributed by atoms with Gasteiger partial charge in [-0.25, -0.2) is 9.97 Å². The molecule has 0 bridgehead atoms. The number of unbranched alkanes of at least 4 members (excludes halogenated alkanes) is 1. The van der Waals surface area contributed by atoms with Gasteiger partial charge in [-0.15, -0.1) is 0 Å². The standard InChI is InChI=1S/C35H55N9O2/c1-2-30-26-39-44-32(23-33(40-35(30)44)43-16-4-3-7-31(43)12-21-45)37-24-29-8-9-34(38-25-29)46-22-6-5-15-41-17-19-42(20-18-41)27-28-10-13-36-14-11-28/h8-9,23,25-26,28,31,36-37,45H,2-7,10-22,24,27H2,1H3/t31-/m0/s1. The number of aliphatic hydroxyl groups is 1. The van der Waals surface area contributed by atoms with Gasteiger partial charge in [0, 0.05) is 82.4 Å². The number of piperazine rings is 1. The molecule has 3 aromatic heterocycles. The number of rotatable bonds is 15. The van der Waals surface area contributed by atoms with Crippen molar-refractivity contribution in [3.05, 3.63) is 41.7 Å². The summed E-state index contributed by atoms with van der Waals surface area (Å²) in [6, 6.07) is 6.48. The van der Waals surface area contributed by atoms with E-state index in [1.54, 1.807) is 0 Å². The molecule has 6 rings (SSSR count). The Morgan fingerprint density at radius 3 is 2.63 bits per heavy atom. The SMILES string of the molecule is CCc1cnn2c(NCc3ccc(OCCCCN4CCN(CC5CCNCC5)CC4)nc3)cc(N3CCCC[C@H]3CCO)nc12. The van der Waals surface area contributed by atoms with E-state index in [1.807, 2.05) is 23.0 Å². The van der Waals surface area contributed by atoms with Crippen molar-refractivity contribution in [2.45, 2.75) is 77.3 Å². The number of pyridine rings is 1.